The molecule has 0 aliphatic carbocycles. The average Bonchev–Trinajstić information content (AvgIpc) is 1.65. The molecule has 1 atom stereocenters. The lowest BCUT2D eigenvalue weighted by Crippen LogP contribution is -2.23. The third-order valence-electron chi connectivity index (χ3n) is 0.792. The van der Waals surface area contributed by atoms with Gasteiger partial charge in [-0.3, -0.25) is 0 Å². The van der Waals surface area contributed by atoms with E-state index in [1.165, 1.54) is 7.11 Å². The zero-order chi connectivity index (χ0) is 5.86. The first-order chi connectivity index (χ1) is 3.18. The van der Waals surface area contributed by atoms with Crippen LogP contribution in [-0.4, -0.2) is 29.7 Å². The van der Waals surface area contributed by atoms with Crippen molar-refractivity contribution in [3.8, 4) is 0 Å². The fraction of sp³-hybridized carbons (Fsp3) is 1.00. The maximum atomic E-state index is 8.25. The molecular formula is C4H10O3. The van der Waals surface area contributed by atoms with Gasteiger partial charge >= 0.3 is 0 Å². The van der Waals surface area contributed by atoms with Gasteiger partial charge in [0.2, 0.25) is 0 Å². The quantitative estimate of drug-likeness (QED) is 0.459. The van der Waals surface area contributed by atoms with Crippen molar-refractivity contribution >= 4 is 0 Å². The molecule has 3 heteroatoms. The molecule has 0 radical (unpaired) electrons. The van der Waals surface area contributed by atoms with E-state index in [1.807, 2.05) is 0 Å². The summed E-state index contributed by atoms with van der Waals surface area (Å²) in [7, 11) is 1.42. The van der Waals surface area contributed by atoms with E-state index in [-0.39, 0.29) is 0 Å². The first-order valence-electron chi connectivity index (χ1n) is 2.07. The van der Waals surface area contributed by atoms with Gasteiger partial charge < -0.3 is 14.9 Å². The molecule has 7 heavy (non-hydrogen) atoms. The van der Waals surface area contributed by atoms with E-state index in [2.05, 4.69) is 4.74 Å². The van der Waals surface area contributed by atoms with Gasteiger partial charge in [-0.15, -0.1) is 0 Å². The Kier molecular flexibility index (Phi) is 2.91. The Hall–Kier alpha value is -0.120. The van der Waals surface area contributed by atoms with Crippen LogP contribution in [-0.2, 0) is 4.74 Å². The lowest BCUT2D eigenvalue weighted by molar-refractivity contribution is -0.127. The number of aliphatic hydroxyl groups is 2. The maximum Gasteiger partial charge on any atom is 0.178 e. The van der Waals surface area contributed by atoms with Crippen molar-refractivity contribution in [2.75, 3.05) is 7.11 Å². The maximum absolute atomic E-state index is 8.25. The largest absolute Gasteiger partial charge is 0.376 e. The van der Waals surface area contributed by atoms with Crippen LogP contribution in [0.15, 0.2) is 0 Å². The molecule has 0 fully saturated rings. The molecule has 0 bridgehead atoms. The molecule has 3 nitrogen and oxygen atoms in total. The summed E-state index contributed by atoms with van der Waals surface area (Å²) in [5.41, 5.74) is 0. The summed E-state index contributed by atoms with van der Waals surface area (Å²) in [6.45, 7) is 1.57. The van der Waals surface area contributed by atoms with Crippen LogP contribution in [0.1, 0.15) is 6.92 Å². The summed E-state index contributed by atoms with van der Waals surface area (Å²) >= 11 is 0. The minimum atomic E-state index is -1.36. The van der Waals surface area contributed by atoms with Crippen LogP contribution in [0.4, 0.5) is 0 Å². The molecule has 44 valence electrons. The molecule has 0 aromatic heterocycles. The highest BCUT2D eigenvalue weighted by Gasteiger charge is 2.06. The first kappa shape index (κ1) is 6.88. The van der Waals surface area contributed by atoms with Gasteiger partial charge in [0, 0.05) is 7.11 Å². The fourth-order valence-corrected chi connectivity index (χ4v) is 0.122. The lowest BCUT2D eigenvalue weighted by Gasteiger charge is -2.09. The van der Waals surface area contributed by atoms with E-state index in [9.17, 15) is 0 Å². The Labute approximate surface area is 42.5 Å². The molecule has 0 aromatic rings. The highest BCUT2D eigenvalue weighted by molar-refractivity contribution is 4.46. The molecule has 1 unspecified atom stereocenters. The molecule has 0 spiro atoms. The van der Waals surface area contributed by atoms with Crippen LogP contribution >= 0.6 is 0 Å². The molecule has 0 rings (SSSR count). The zero-order valence-corrected chi connectivity index (χ0v) is 4.46. The second kappa shape index (κ2) is 2.96. The Bertz CT molecular complexity index is 44.2. The molecule has 0 aliphatic rings. The summed E-state index contributed by atoms with van der Waals surface area (Å²) < 4.78 is 4.51. The number of rotatable bonds is 2. The minimum absolute atomic E-state index is 0.486. The van der Waals surface area contributed by atoms with Gasteiger partial charge in [0.1, 0.15) is 6.10 Å². The van der Waals surface area contributed by atoms with Crippen molar-refractivity contribution < 1.29 is 14.9 Å². The number of aliphatic hydroxyl groups excluding tert-OH is 1. The van der Waals surface area contributed by atoms with Gasteiger partial charge in [-0.1, -0.05) is 0 Å². The van der Waals surface area contributed by atoms with Crippen molar-refractivity contribution in [1.82, 2.24) is 0 Å². The van der Waals surface area contributed by atoms with E-state index in [0.717, 1.165) is 0 Å². The summed E-state index contributed by atoms with van der Waals surface area (Å²) in [4.78, 5) is 0. The van der Waals surface area contributed by atoms with Crippen molar-refractivity contribution in [3.05, 3.63) is 0 Å². The molecule has 0 aliphatic heterocycles. The first-order valence-corrected chi connectivity index (χ1v) is 2.07. The normalized spacial score (nSPS) is 15.0. The summed E-state index contributed by atoms with van der Waals surface area (Å²) in [6, 6.07) is 0. The number of methoxy groups -OCH3 is 1. The van der Waals surface area contributed by atoms with Gasteiger partial charge in [0.25, 0.3) is 0 Å². The second-order valence-corrected chi connectivity index (χ2v) is 1.35. The lowest BCUT2D eigenvalue weighted by atomic mass is 10.4. The third kappa shape index (κ3) is 2.56. The molecule has 0 aromatic carbocycles. The summed E-state index contributed by atoms with van der Waals surface area (Å²) in [5, 5.41) is 16.5. The SMILES string of the molecule is COC(C)C(O)O. The minimum Gasteiger partial charge on any atom is -0.376 e. The second-order valence-electron chi connectivity index (χ2n) is 1.35. The Morgan fingerprint density at radius 3 is 1.86 bits per heavy atom. The van der Waals surface area contributed by atoms with Crippen LogP contribution in [0.3, 0.4) is 0 Å². The number of hydrogen-bond donors (Lipinski definition) is 2. The van der Waals surface area contributed by atoms with E-state index in [4.69, 9.17) is 10.2 Å². The van der Waals surface area contributed by atoms with Crippen molar-refractivity contribution in [3.63, 3.8) is 0 Å². The Balaban J connectivity index is 3.14. The summed E-state index contributed by atoms with van der Waals surface area (Å²) in [6.07, 6.45) is -1.84. The van der Waals surface area contributed by atoms with Gasteiger partial charge in [0.05, 0.1) is 0 Å². The molecule has 0 saturated heterocycles. The van der Waals surface area contributed by atoms with E-state index in [1.54, 1.807) is 6.92 Å². The number of hydrogen-bond acceptors (Lipinski definition) is 3. The standard InChI is InChI=1S/C4H10O3/c1-3(7-2)4(5)6/h3-6H,1-2H3. The van der Waals surface area contributed by atoms with Gasteiger partial charge in [-0.2, -0.15) is 0 Å². The smallest absolute Gasteiger partial charge is 0.178 e. The van der Waals surface area contributed by atoms with E-state index < -0.39 is 12.4 Å². The predicted molar refractivity (Wildman–Crippen MR) is 24.7 cm³/mol. The third-order valence-corrected chi connectivity index (χ3v) is 0.792. The van der Waals surface area contributed by atoms with Crippen LogP contribution in [0, 0.1) is 0 Å². The van der Waals surface area contributed by atoms with Gasteiger partial charge in [-0.25, -0.2) is 0 Å². The number of ether oxygens (including phenoxy) is 1. The van der Waals surface area contributed by atoms with Crippen molar-refractivity contribution in [2.45, 2.75) is 19.3 Å². The van der Waals surface area contributed by atoms with Crippen LogP contribution in [0.5, 0.6) is 0 Å². The monoisotopic (exact) mass is 106 g/mol. The molecule has 0 heterocycles. The van der Waals surface area contributed by atoms with Gasteiger partial charge in [-0.05, 0) is 6.92 Å². The van der Waals surface area contributed by atoms with Gasteiger partial charge in [0.15, 0.2) is 6.29 Å². The Morgan fingerprint density at radius 1 is 1.43 bits per heavy atom. The molecule has 0 saturated carbocycles. The van der Waals surface area contributed by atoms with E-state index >= 15 is 0 Å². The average molecular weight is 106 g/mol. The van der Waals surface area contributed by atoms with Crippen LogP contribution < -0.4 is 0 Å². The molecule has 0 amide bonds. The fourth-order valence-electron chi connectivity index (χ4n) is 0.122. The summed E-state index contributed by atoms with van der Waals surface area (Å²) in [5.74, 6) is 0. The highest BCUT2D eigenvalue weighted by atomic mass is 16.5. The van der Waals surface area contributed by atoms with E-state index in [0.29, 0.717) is 0 Å². The molecular weight excluding hydrogens is 96.0 g/mol. The van der Waals surface area contributed by atoms with Crippen LogP contribution in [0.2, 0.25) is 0 Å². The van der Waals surface area contributed by atoms with Crippen molar-refractivity contribution in [2.24, 2.45) is 0 Å². The highest BCUT2D eigenvalue weighted by Crippen LogP contribution is 1.89. The Morgan fingerprint density at radius 2 is 1.86 bits per heavy atom. The van der Waals surface area contributed by atoms with Crippen LogP contribution in [0.25, 0.3) is 0 Å². The molecule has 2 N–H and O–H groups in total. The van der Waals surface area contributed by atoms with Crippen molar-refractivity contribution in [1.29, 1.82) is 0 Å². The predicted octanol–water partition coefficient (Wildman–Crippen LogP) is -0.668. The zero-order valence-electron chi connectivity index (χ0n) is 4.46. The topological polar surface area (TPSA) is 49.7 Å².